The molecule has 3 nitrogen and oxygen atoms in total. The third-order valence-corrected chi connectivity index (χ3v) is 4.65. The molecule has 1 aromatic heterocycles. The molecule has 122 valence electrons. The molecule has 24 heavy (non-hydrogen) atoms. The number of hydrogen-bond acceptors (Lipinski definition) is 3. The quantitative estimate of drug-likeness (QED) is 0.735. The largest absolute Gasteiger partial charge is 0.302 e. The Morgan fingerprint density at radius 1 is 1.04 bits per heavy atom. The van der Waals surface area contributed by atoms with Crippen molar-refractivity contribution in [3.8, 4) is 11.3 Å². The summed E-state index contributed by atoms with van der Waals surface area (Å²) < 4.78 is 0. The van der Waals surface area contributed by atoms with Gasteiger partial charge in [-0.1, -0.05) is 53.6 Å². The number of carbonyl (C=O) groups excluding carboxylic acids is 1. The number of anilines is 1. The first-order chi connectivity index (χ1) is 11.5. The monoisotopic (exact) mass is 336 g/mol. The molecular weight excluding hydrogens is 316 g/mol. The van der Waals surface area contributed by atoms with Crippen LogP contribution in [-0.4, -0.2) is 10.9 Å². The Bertz CT molecular complexity index is 866. The van der Waals surface area contributed by atoms with Gasteiger partial charge in [0.15, 0.2) is 5.13 Å². The zero-order valence-corrected chi connectivity index (χ0v) is 14.9. The Kier molecular flexibility index (Phi) is 4.76. The predicted octanol–water partition coefficient (Wildman–Crippen LogP) is 4.92. The van der Waals surface area contributed by atoms with E-state index in [4.69, 9.17) is 0 Å². The van der Waals surface area contributed by atoms with Gasteiger partial charge in [0.1, 0.15) is 0 Å². The molecule has 2 aromatic carbocycles. The van der Waals surface area contributed by atoms with E-state index in [1.807, 2.05) is 36.6 Å². The van der Waals surface area contributed by atoms with Crippen LogP contribution in [0.5, 0.6) is 0 Å². The summed E-state index contributed by atoms with van der Waals surface area (Å²) in [6.45, 7) is 6.19. The maximum absolute atomic E-state index is 12.2. The Balaban J connectivity index is 1.69. The van der Waals surface area contributed by atoms with E-state index in [0.717, 1.165) is 16.8 Å². The van der Waals surface area contributed by atoms with Crippen LogP contribution in [-0.2, 0) is 11.2 Å². The third-order valence-electron chi connectivity index (χ3n) is 3.89. The molecule has 4 heteroatoms. The second-order valence-corrected chi connectivity index (χ2v) is 6.92. The molecule has 0 aliphatic carbocycles. The van der Waals surface area contributed by atoms with Gasteiger partial charge in [-0.05, 0) is 31.9 Å². The third kappa shape index (κ3) is 3.89. The van der Waals surface area contributed by atoms with E-state index in [9.17, 15) is 4.79 Å². The minimum absolute atomic E-state index is 0.0413. The van der Waals surface area contributed by atoms with Crippen LogP contribution in [0.15, 0.2) is 47.8 Å². The Labute approximate surface area is 146 Å². The van der Waals surface area contributed by atoms with Crippen LogP contribution in [0, 0.1) is 20.8 Å². The average molecular weight is 336 g/mol. The van der Waals surface area contributed by atoms with E-state index in [0.29, 0.717) is 11.6 Å². The molecule has 0 fully saturated rings. The van der Waals surface area contributed by atoms with Gasteiger partial charge in [-0.25, -0.2) is 4.98 Å². The number of amides is 1. The summed E-state index contributed by atoms with van der Waals surface area (Å²) in [5, 5.41) is 5.52. The molecule has 0 spiro atoms. The van der Waals surface area contributed by atoms with Gasteiger partial charge < -0.3 is 5.32 Å². The van der Waals surface area contributed by atoms with Gasteiger partial charge in [-0.2, -0.15) is 0 Å². The van der Waals surface area contributed by atoms with Crippen molar-refractivity contribution < 1.29 is 4.79 Å². The standard InChI is InChI=1S/C20H20N2OS/c1-13-4-7-16(8-5-13)11-19(23)22-20-21-18(12-24-20)17-9-6-14(2)10-15(17)3/h4-10,12H,11H2,1-3H3,(H,21,22,23). The molecule has 0 bridgehead atoms. The topological polar surface area (TPSA) is 42.0 Å². The summed E-state index contributed by atoms with van der Waals surface area (Å²) in [5.41, 5.74) is 6.64. The summed E-state index contributed by atoms with van der Waals surface area (Å²) in [6.07, 6.45) is 0.360. The van der Waals surface area contributed by atoms with Crippen molar-refractivity contribution in [1.29, 1.82) is 0 Å². The lowest BCUT2D eigenvalue weighted by Gasteiger charge is -2.04. The van der Waals surface area contributed by atoms with Crippen LogP contribution in [0.1, 0.15) is 22.3 Å². The lowest BCUT2D eigenvalue weighted by atomic mass is 10.0. The highest BCUT2D eigenvalue weighted by molar-refractivity contribution is 7.14. The van der Waals surface area contributed by atoms with Crippen molar-refractivity contribution >= 4 is 22.4 Å². The van der Waals surface area contributed by atoms with Crippen molar-refractivity contribution in [3.63, 3.8) is 0 Å². The number of thiazole rings is 1. The number of benzene rings is 2. The van der Waals surface area contributed by atoms with Gasteiger partial charge in [0, 0.05) is 10.9 Å². The van der Waals surface area contributed by atoms with E-state index in [1.165, 1.54) is 28.0 Å². The molecule has 1 heterocycles. The molecule has 1 N–H and O–H groups in total. The van der Waals surface area contributed by atoms with E-state index in [1.54, 1.807) is 0 Å². The fraction of sp³-hybridized carbons (Fsp3) is 0.200. The number of nitrogens with zero attached hydrogens (tertiary/aromatic N) is 1. The number of rotatable bonds is 4. The molecule has 0 saturated carbocycles. The summed E-state index contributed by atoms with van der Waals surface area (Å²) in [5.74, 6) is -0.0413. The Hall–Kier alpha value is -2.46. The second kappa shape index (κ2) is 6.97. The number of aromatic nitrogens is 1. The van der Waals surface area contributed by atoms with E-state index in [-0.39, 0.29) is 5.91 Å². The molecule has 3 rings (SSSR count). The molecule has 1 amide bonds. The summed E-state index contributed by atoms with van der Waals surface area (Å²) in [7, 11) is 0. The van der Waals surface area contributed by atoms with Crippen LogP contribution >= 0.6 is 11.3 Å². The fourth-order valence-electron chi connectivity index (χ4n) is 2.61. The van der Waals surface area contributed by atoms with Gasteiger partial charge in [-0.15, -0.1) is 11.3 Å². The van der Waals surface area contributed by atoms with E-state index < -0.39 is 0 Å². The predicted molar refractivity (Wildman–Crippen MR) is 101 cm³/mol. The molecule has 0 atom stereocenters. The summed E-state index contributed by atoms with van der Waals surface area (Å²) in [4.78, 5) is 16.7. The maximum Gasteiger partial charge on any atom is 0.230 e. The molecular formula is C20H20N2OS. The smallest absolute Gasteiger partial charge is 0.230 e. The van der Waals surface area contributed by atoms with Crippen molar-refractivity contribution in [2.45, 2.75) is 27.2 Å². The van der Waals surface area contributed by atoms with Crippen LogP contribution in [0.25, 0.3) is 11.3 Å². The summed E-state index contributed by atoms with van der Waals surface area (Å²) in [6, 6.07) is 14.3. The Morgan fingerprint density at radius 3 is 2.46 bits per heavy atom. The number of carbonyl (C=O) groups is 1. The second-order valence-electron chi connectivity index (χ2n) is 6.07. The molecule has 0 radical (unpaired) electrons. The van der Waals surface area contributed by atoms with Gasteiger partial charge >= 0.3 is 0 Å². The molecule has 0 saturated heterocycles. The highest BCUT2D eigenvalue weighted by Crippen LogP contribution is 2.28. The van der Waals surface area contributed by atoms with E-state index >= 15 is 0 Å². The van der Waals surface area contributed by atoms with Crippen molar-refractivity contribution in [2.24, 2.45) is 0 Å². The Morgan fingerprint density at radius 2 is 1.75 bits per heavy atom. The van der Waals surface area contributed by atoms with Crippen molar-refractivity contribution in [2.75, 3.05) is 5.32 Å². The molecule has 3 aromatic rings. The number of nitrogens with one attached hydrogen (secondary N) is 1. The van der Waals surface area contributed by atoms with Gasteiger partial charge in [0.05, 0.1) is 12.1 Å². The maximum atomic E-state index is 12.2. The highest BCUT2D eigenvalue weighted by atomic mass is 32.1. The van der Waals surface area contributed by atoms with Crippen LogP contribution in [0.2, 0.25) is 0 Å². The zero-order valence-electron chi connectivity index (χ0n) is 14.1. The van der Waals surface area contributed by atoms with Gasteiger partial charge in [0.2, 0.25) is 5.91 Å². The van der Waals surface area contributed by atoms with E-state index in [2.05, 4.69) is 42.3 Å². The first-order valence-corrected chi connectivity index (χ1v) is 8.78. The van der Waals surface area contributed by atoms with Crippen molar-refractivity contribution in [1.82, 2.24) is 4.98 Å². The van der Waals surface area contributed by atoms with Crippen LogP contribution in [0.3, 0.4) is 0 Å². The first-order valence-electron chi connectivity index (χ1n) is 7.90. The van der Waals surface area contributed by atoms with Gasteiger partial charge in [0.25, 0.3) is 0 Å². The SMILES string of the molecule is Cc1ccc(CC(=O)Nc2nc(-c3ccc(C)cc3C)cs2)cc1. The molecule has 0 aliphatic rings. The number of hydrogen-bond donors (Lipinski definition) is 1. The average Bonchev–Trinajstić information content (AvgIpc) is 2.97. The minimum Gasteiger partial charge on any atom is -0.302 e. The first kappa shape index (κ1) is 16.4. The normalized spacial score (nSPS) is 10.6. The van der Waals surface area contributed by atoms with Gasteiger partial charge in [-0.3, -0.25) is 4.79 Å². The minimum atomic E-state index is -0.0413. The summed E-state index contributed by atoms with van der Waals surface area (Å²) >= 11 is 1.46. The zero-order chi connectivity index (χ0) is 17.1. The highest BCUT2D eigenvalue weighted by Gasteiger charge is 2.10. The van der Waals surface area contributed by atoms with Crippen molar-refractivity contribution in [3.05, 3.63) is 70.1 Å². The lowest BCUT2D eigenvalue weighted by molar-refractivity contribution is -0.115. The van der Waals surface area contributed by atoms with Crippen LogP contribution < -0.4 is 5.32 Å². The molecule has 0 unspecified atom stereocenters. The van der Waals surface area contributed by atoms with Crippen LogP contribution in [0.4, 0.5) is 5.13 Å². The number of aryl methyl sites for hydroxylation is 3. The fourth-order valence-corrected chi connectivity index (χ4v) is 3.34. The molecule has 0 aliphatic heterocycles. The lowest BCUT2D eigenvalue weighted by Crippen LogP contribution is -2.14.